The van der Waals surface area contributed by atoms with Crippen LogP contribution in [0.25, 0.3) is 0 Å². The van der Waals surface area contributed by atoms with E-state index in [-0.39, 0.29) is 6.04 Å². The molecule has 1 aromatic rings. The van der Waals surface area contributed by atoms with Crippen molar-refractivity contribution in [2.75, 3.05) is 27.4 Å². The predicted octanol–water partition coefficient (Wildman–Crippen LogP) is 2.00. The van der Waals surface area contributed by atoms with Crippen LogP contribution in [-0.4, -0.2) is 33.5 Å². The Labute approximate surface area is 109 Å². The van der Waals surface area contributed by atoms with Crippen LogP contribution in [0.4, 0.5) is 0 Å². The normalized spacial score (nSPS) is 12.2. The van der Waals surface area contributed by atoms with E-state index in [0.29, 0.717) is 13.2 Å². The summed E-state index contributed by atoms with van der Waals surface area (Å²) in [7, 11) is 3.33. The maximum absolute atomic E-state index is 5.78. The summed E-state index contributed by atoms with van der Waals surface area (Å²) in [6.45, 7) is 3.31. The fraction of sp³-hybridized carbons (Fsp3) is 0.571. The van der Waals surface area contributed by atoms with Gasteiger partial charge in [-0.05, 0) is 31.0 Å². The van der Waals surface area contributed by atoms with E-state index >= 15 is 0 Å². The lowest BCUT2D eigenvalue weighted by molar-refractivity contribution is 0.170. The van der Waals surface area contributed by atoms with E-state index in [4.69, 9.17) is 19.9 Å². The van der Waals surface area contributed by atoms with E-state index in [1.165, 1.54) is 0 Å². The summed E-state index contributed by atoms with van der Waals surface area (Å²) in [5.74, 6) is 1.52. The highest BCUT2D eigenvalue weighted by atomic mass is 16.5. The van der Waals surface area contributed by atoms with Gasteiger partial charge in [-0.15, -0.1) is 0 Å². The van der Waals surface area contributed by atoms with Gasteiger partial charge < -0.3 is 19.9 Å². The summed E-state index contributed by atoms with van der Waals surface area (Å²) in [5.41, 5.74) is 6.94. The van der Waals surface area contributed by atoms with Crippen LogP contribution >= 0.6 is 0 Å². The smallest absolute Gasteiger partial charge is 0.161 e. The Morgan fingerprint density at radius 1 is 1.17 bits per heavy atom. The van der Waals surface area contributed by atoms with Crippen molar-refractivity contribution in [2.24, 2.45) is 5.73 Å². The molecule has 0 fully saturated rings. The molecule has 0 saturated carbocycles. The van der Waals surface area contributed by atoms with Crippen LogP contribution in [-0.2, 0) is 11.2 Å². The second kappa shape index (κ2) is 7.95. The Bertz CT molecular complexity index is 353. The molecule has 0 amide bonds. The zero-order chi connectivity index (χ0) is 13.4. The molecule has 1 unspecified atom stereocenters. The van der Waals surface area contributed by atoms with Crippen LogP contribution in [0.5, 0.6) is 11.5 Å². The largest absolute Gasteiger partial charge is 0.493 e. The van der Waals surface area contributed by atoms with E-state index in [1.54, 1.807) is 14.2 Å². The third-order valence-electron chi connectivity index (χ3n) is 2.54. The van der Waals surface area contributed by atoms with Crippen molar-refractivity contribution >= 4 is 0 Å². The van der Waals surface area contributed by atoms with E-state index in [1.807, 2.05) is 25.1 Å². The van der Waals surface area contributed by atoms with Gasteiger partial charge in [-0.2, -0.15) is 0 Å². The number of ether oxygens (including phenoxy) is 3. The summed E-state index contributed by atoms with van der Waals surface area (Å²) in [4.78, 5) is 0. The second-order valence-corrected chi connectivity index (χ2v) is 4.36. The number of nitrogens with two attached hydrogens (primary N) is 1. The number of rotatable bonds is 8. The molecule has 1 aromatic carbocycles. The van der Waals surface area contributed by atoms with Crippen molar-refractivity contribution in [3.8, 4) is 11.5 Å². The van der Waals surface area contributed by atoms with Gasteiger partial charge in [0.25, 0.3) is 0 Å². The van der Waals surface area contributed by atoms with E-state index in [2.05, 4.69) is 0 Å². The number of benzene rings is 1. The fourth-order valence-electron chi connectivity index (χ4n) is 1.72. The second-order valence-electron chi connectivity index (χ2n) is 4.36. The van der Waals surface area contributed by atoms with Gasteiger partial charge in [-0.1, -0.05) is 6.07 Å². The van der Waals surface area contributed by atoms with Crippen LogP contribution in [0, 0.1) is 0 Å². The lowest BCUT2D eigenvalue weighted by Gasteiger charge is -2.13. The van der Waals surface area contributed by atoms with E-state index in [9.17, 15) is 0 Å². The Kier molecular flexibility index (Phi) is 6.54. The Balaban J connectivity index is 2.62. The molecule has 4 nitrogen and oxygen atoms in total. The topological polar surface area (TPSA) is 53.7 Å². The molecular weight excluding hydrogens is 230 g/mol. The summed E-state index contributed by atoms with van der Waals surface area (Å²) >= 11 is 0. The van der Waals surface area contributed by atoms with Crippen LogP contribution in [0.3, 0.4) is 0 Å². The third kappa shape index (κ3) is 4.94. The van der Waals surface area contributed by atoms with Gasteiger partial charge in [0.2, 0.25) is 0 Å². The molecule has 102 valence electrons. The third-order valence-corrected chi connectivity index (χ3v) is 2.54. The van der Waals surface area contributed by atoms with Crippen molar-refractivity contribution in [3.63, 3.8) is 0 Å². The molecule has 0 saturated heterocycles. The highest BCUT2D eigenvalue weighted by Gasteiger charge is 2.07. The minimum Gasteiger partial charge on any atom is -0.493 e. The maximum atomic E-state index is 5.78. The van der Waals surface area contributed by atoms with Gasteiger partial charge in [-0.3, -0.25) is 0 Å². The molecule has 4 heteroatoms. The first-order valence-corrected chi connectivity index (χ1v) is 6.21. The first-order chi connectivity index (χ1) is 8.67. The molecule has 0 aliphatic rings. The van der Waals surface area contributed by atoms with Gasteiger partial charge in [0, 0.05) is 26.2 Å². The van der Waals surface area contributed by atoms with Crippen LogP contribution in [0.2, 0.25) is 0 Å². The molecule has 0 aliphatic heterocycles. The quantitative estimate of drug-likeness (QED) is 0.720. The highest BCUT2D eigenvalue weighted by molar-refractivity contribution is 5.43. The van der Waals surface area contributed by atoms with Crippen LogP contribution in [0.1, 0.15) is 18.9 Å². The number of methoxy groups -OCH3 is 2. The zero-order valence-electron chi connectivity index (χ0n) is 11.4. The first-order valence-electron chi connectivity index (χ1n) is 6.21. The molecule has 0 bridgehead atoms. The van der Waals surface area contributed by atoms with Crippen molar-refractivity contribution in [2.45, 2.75) is 25.8 Å². The van der Waals surface area contributed by atoms with Crippen molar-refractivity contribution in [1.29, 1.82) is 0 Å². The van der Waals surface area contributed by atoms with Gasteiger partial charge in [0.05, 0.1) is 13.7 Å². The minimum atomic E-state index is 0.142. The van der Waals surface area contributed by atoms with Crippen molar-refractivity contribution in [1.82, 2.24) is 0 Å². The molecule has 2 N–H and O–H groups in total. The maximum Gasteiger partial charge on any atom is 0.161 e. The molecular formula is C14H23NO3. The molecule has 0 spiro atoms. The number of hydrogen-bond donors (Lipinski definition) is 1. The summed E-state index contributed by atoms with van der Waals surface area (Å²) in [5, 5.41) is 0. The standard InChI is InChI=1S/C14H23NO3/c1-11(15)9-12-5-6-13(14(10-12)17-3)18-8-4-7-16-2/h5-6,10-11H,4,7-9,15H2,1-3H3. The molecule has 1 rings (SSSR count). The predicted molar refractivity (Wildman–Crippen MR) is 72.3 cm³/mol. The highest BCUT2D eigenvalue weighted by Crippen LogP contribution is 2.28. The Morgan fingerprint density at radius 2 is 1.94 bits per heavy atom. The molecule has 0 radical (unpaired) electrons. The SMILES string of the molecule is COCCCOc1ccc(CC(C)N)cc1OC. The van der Waals surface area contributed by atoms with Gasteiger partial charge >= 0.3 is 0 Å². The average Bonchev–Trinajstić information content (AvgIpc) is 2.35. The molecule has 18 heavy (non-hydrogen) atoms. The molecule has 0 aliphatic carbocycles. The van der Waals surface area contributed by atoms with Crippen LogP contribution < -0.4 is 15.2 Å². The minimum absolute atomic E-state index is 0.142. The molecule has 0 heterocycles. The molecule has 1 atom stereocenters. The van der Waals surface area contributed by atoms with Gasteiger partial charge in [0.1, 0.15) is 0 Å². The van der Waals surface area contributed by atoms with Crippen molar-refractivity contribution < 1.29 is 14.2 Å². The summed E-state index contributed by atoms with van der Waals surface area (Å²) in [6.07, 6.45) is 1.70. The van der Waals surface area contributed by atoms with E-state index < -0.39 is 0 Å². The van der Waals surface area contributed by atoms with E-state index in [0.717, 1.165) is 29.9 Å². The summed E-state index contributed by atoms with van der Waals surface area (Å²) < 4.78 is 16.0. The zero-order valence-corrected chi connectivity index (χ0v) is 11.4. The molecule has 0 aromatic heterocycles. The van der Waals surface area contributed by atoms with Gasteiger partial charge in [0.15, 0.2) is 11.5 Å². The Hall–Kier alpha value is -1.26. The number of hydrogen-bond acceptors (Lipinski definition) is 4. The monoisotopic (exact) mass is 253 g/mol. The summed E-state index contributed by atoms with van der Waals surface area (Å²) in [6, 6.07) is 6.08. The van der Waals surface area contributed by atoms with Crippen LogP contribution in [0.15, 0.2) is 18.2 Å². The fourth-order valence-corrected chi connectivity index (χ4v) is 1.72. The average molecular weight is 253 g/mol. The lowest BCUT2D eigenvalue weighted by Crippen LogP contribution is -2.17. The van der Waals surface area contributed by atoms with Gasteiger partial charge in [-0.25, -0.2) is 0 Å². The first kappa shape index (κ1) is 14.8. The lowest BCUT2D eigenvalue weighted by atomic mass is 10.1. The Morgan fingerprint density at radius 3 is 2.56 bits per heavy atom. The van der Waals surface area contributed by atoms with Crippen molar-refractivity contribution in [3.05, 3.63) is 23.8 Å².